The summed E-state index contributed by atoms with van der Waals surface area (Å²) < 4.78 is 13.1. The summed E-state index contributed by atoms with van der Waals surface area (Å²) in [6, 6.07) is 6.94. The lowest BCUT2D eigenvalue weighted by Crippen LogP contribution is -2.39. The van der Waals surface area contributed by atoms with Gasteiger partial charge in [-0.15, -0.1) is 0 Å². The first-order valence-electron chi connectivity index (χ1n) is 10.1. The molecule has 1 heterocycles. The van der Waals surface area contributed by atoms with Crippen LogP contribution in [0.5, 0.6) is 0 Å². The van der Waals surface area contributed by atoms with Crippen molar-refractivity contribution in [3.63, 3.8) is 0 Å². The van der Waals surface area contributed by atoms with Crippen molar-refractivity contribution in [3.8, 4) is 0 Å². The molecule has 0 bridgehead atoms. The molecule has 1 aromatic carbocycles. The van der Waals surface area contributed by atoms with Crippen molar-refractivity contribution in [2.24, 2.45) is 0 Å². The molecule has 6 heteroatoms. The maximum Gasteiger partial charge on any atom is 0.234 e. The van der Waals surface area contributed by atoms with Gasteiger partial charge in [0.25, 0.3) is 0 Å². The van der Waals surface area contributed by atoms with E-state index in [2.05, 4.69) is 10.2 Å². The van der Waals surface area contributed by atoms with Crippen molar-refractivity contribution in [1.29, 1.82) is 0 Å². The molecule has 27 heavy (non-hydrogen) atoms. The zero-order chi connectivity index (χ0) is 19.1. The van der Waals surface area contributed by atoms with Gasteiger partial charge in [-0.25, -0.2) is 4.39 Å². The Morgan fingerprint density at radius 1 is 1.19 bits per heavy atom. The number of rotatable bonds is 9. The van der Waals surface area contributed by atoms with Crippen molar-refractivity contribution in [1.82, 2.24) is 15.1 Å². The number of likely N-dealkylation sites (tertiary alicyclic amines) is 1. The SMILES string of the molecule is O=C(CN(Cc1ccc(F)cc1)C1CC1)NCCCN1CCCCCC1=O. The average Bonchev–Trinajstić information content (AvgIpc) is 3.49. The Balaban J connectivity index is 1.38. The molecule has 5 nitrogen and oxygen atoms in total. The van der Waals surface area contributed by atoms with Crippen LogP contribution in [0.25, 0.3) is 0 Å². The number of halogens is 1. The minimum Gasteiger partial charge on any atom is -0.355 e. The molecule has 0 spiro atoms. The summed E-state index contributed by atoms with van der Waals surface area (Å²) in [6.45, 7) is 3.20. The standard InChI is InChI=1S/C21H30FN3O2/c22-18-8-6-17(7-9-18)15-25(19-10-11-19)16-20(26)23-12-4-14-24-13-3-1-2-5-21(24)27/h6-9,19H,1-5,10-16H2,(H,23,26). The Hall–Kier alpha value is -1.95. The van der Waals surface area contributed by atoms with Gasteiger partial charge in [-0.1, -0.05) is 18.6 Å². The van der Waals surface area contributed by atoms with E-state index in [0.717, 1.165) is 57.2 Å². The van der Waals surface area contributed by atoms with Gasteiger partial charge in [-0.3, -0.25) is 14.5 Å². The molecule has 1 aliphatic heterocycles. The van der Waals surface area contributed by atoms with E-state index in [9.17, 15) is 14.0 Å². The zero-order valence-electron chi connectivity index (χ0n) is 16.0. The van der Waals surface area contributed by atoms with E-state index in [1.807, 2.05) is 4.90 Å². The van der Waals surface area contributed by atoms with Gasteiger partial charge in [0, 0.05) is 38.6 Å². The molecular formula is C21H30FN3O2. The molecule has 1 aliphatic carbocycles. The highest BCUT2D eigenvalue weighted by Crippen LogP contribution is 2.28. The van der Waals surface area contributed by atoms with Crippen LogP contribution in [0.15, 0.2) is 24.3 Å². The van der Waals surface area contributed by atoms with Crippen LogP contribution in [0.4, 0.5) is 4.39 Å². The molecule has 0 atom stereocenters. The van der Waals surface area contributed by atoms with E-state index in [0.29, 0.717) is 32.1 Å². The van der Waals surface area contributed by atoms with Crippen molar-refractivity contribution in [2.75, 3.05) is 26.2 Å². The molecule has 0 radical (unpaired) electrons. The number of amides is 2. The monoisotopic (exact) mass is 375 g/mol. The molecule has 2 fully saturated rings. The van der Waals surface area contributed by atoms with Crippen molar-refractivity contribution >= 4 is 11.8 Å². The summed E-state index contributed by atoms with van der Waals surface area (Å²) in [5, 5.41) is 2.98. The van der Waals surface area contributed by atoms with Crippen LogP contribution in [-0.2, 0) is 16.1 Å². The summed E-state index contributed by atoms with van der Waals surface area (Å²) in [4.78, 5) is 28.4. The van der Waals surface area contributed by atoms with Crippen LogP contribution < -0.4 is 5.32 Å². The minimum absolute atomic E-state index is 0.0196. The third-order valence-corrected chi connectivity index (χ3v) is 5.31. The molecule has 2 aliphatic rings. The van der Waals surface area contributed by atoms with E-state index in [1.54, 1.807) is 12.1 Å². The highest BCUT2D eigenvalue weighted by atomic mass is 19.1. The van der Waals surface area contributed by atoms with Crippen LogP contribution in [0.2, 0.25) is 0 Å². The van der Waals surface area contributed by atoms with Gasteiger partial charge in [0.2, 0.25) is 11.8 Å². The molecule has 1 N–H and O–H groups in total. The Morgan fingerprint density at radius 2 is 1.96 bits per heavy atom. The first-order valence-corrected chi connectivity index (χ1v) is 10.1. The third-order valence-electron chi connectivity index (χ3n) is 5.31. The van der Waals surface area contributed by atoms with Crippen LogP contribution in [0.3, 0.4) is 0 Å². The van der Waals surface area contributed by atoms with Gasteiger partial charge in [-0.2, -0.15) is 0 Å². The number of carbonyl (C=O) groups excluding carboxylic acids is 2. The second-order valence-electron chi connectivity index (χ2n) is 7.66. The first kappa shape index (κ1) is 19.8. The van der Waals surface area contributed by atoms with E-state index in [4.69, 9.17) is 0 Å². The Kier molecular flexibility index (Phi) is 7.21. The average molecular weight is 375 g/mol. The summed E-state index contributed by atoms with van der Waals surface area (Å²) in [7, 11) is 0. The molecular weight excluding hydrogens is 345 g/mol. The van der Waals surface area contributed by atoms with Crippen molar-refractivity contribution in [2.45, 2.75) is 57.5 Å². The fraction of sp³-hybridized carbons (Fsp3) is 0.619. The van der Waals surface area contributed by atoms with E-state index in [1.165, 1.54) is 12.1 Å². The van der Waals surface area contributed by atoms with Crippen LogP contribution >= 0.6 is 0 Å². The lowest BCUT2D eigenvalue weighted by molar-refractivity contribution is -0.130. The van der Waals surface area contributed by atoms with Gasteiger partial charge >= 0.3 is 0 Å². The second-order valence-corrected chi connectivity index (χ2v) is 7.66. The number of nitrogens with zero attached hydrogens (tertiary/aromatic N) is 2. The van der Waals surface area contributed by atoms with Gasteiger partial charge in [0.05, 0.1) is 6.54 Å². The molecule has 1 aromatic rings. The van der Waals surface area contributed by atoms with Gasteiger partial charge in [0.15, 0.2) is 0 Å². The molecule has 1 saturated heterocycles. The number of hydrogen-bond donors (Lipinski definition) is 1. The largest absolute Gasteiger partial charge is 0.355 e. The number of nitrogens with one attached hydrogen (secondary N) is 1. The number of hydrogen-bond acceptors (Lipinski definition) is 3. The van der Waals surface area contributed by atoms with E-state index >= 15 is 0 Å². The second kappa shape index (κ2) is 9.83. The molecule has 148 valence electrons. The Morgan fingerprint density at radius 3 is 2.70 bits per heavy atom. The molecule has 2 amide bonds. The predicted molar refractivity (Wildman–Crippen MR) is 103 cm³/mol. The normalized spacial score (nSPS) is 17.9. The predicted octanol–water partition coefficient (Wildman–Crippen LogP) is 2.70. The van der Waals surface area contributed by atoms with E-state index in [-0.39, 0.29) is 17.6 Å². The lowest BCUT2D eigenvalue weighted by atomic mass is 10.2. The van der Waals surface area contributed by atoms with Crippen LogP contribution in [-0.4, -0.2) is 53.8 Å². The third kappa shape index (κ3) is 6.61. The molecule has 1 saturated carbocycles. The molecule has 3 rings (SSSR count). The summed E-state index contributed by atoms with van der Waals surface area (Å²) in [5.74, 6) is 0.0293. The highest BCUT2D eigenvalue weighted by molar-refractivity contribution is 5.78. The van der Waals surface area contributed by atoms with Crippen molar-refractivity contribution < 1.29 is 14.0 Å². The minimum atomic E-state index is -0.239. The Bertz CT molecular complexity index is 631. The maximum absolute atomic E-state index is 13.1. The van der Waals surface area contributed by atoms with Gasteiger partial charge in [-0.05, 0) is 49.8 Å². The Labute approximate surface area is 160 Å². The smallest absolute Gasteiger partial charge is 0.234 e. The summed E-state index contributed by atoms with van der Waals surface area (Å²) in [5.41, 5.74) is 1.02. The lowest BCUT2D eigenvalue weighted by Gasteiger charge is -2.22. The van der Waals surface area contributed by atoms with E-state index < -0.39 is 0 Å². The fourth-order valence-electron chi connectivity index (χ4n) is 3.59. The van der Waals surface area contributed by atoms with Gasteiger partial charge in [0.1, 0.15) is 5.82 Å². The fourth-order valence-corrected chi connectivity index (χ4v) is 3.59. The summed E-state index contributed by atoms with van der Waals surface area (Å²) in [6.07, 6.45) is 6.89. The highest BCUT2D eigenvalue weighted by Gasteiger charge is 2.30. The van der Waals surface area contributed by atoms with Crippen molar-refractivity contribution in [3.05, 3.63) is 35.6 Å². The number of carbonyl (C=O) groups is 2. The molecule has 0 unspecified atom stereocenters. The topological polar surface area (TPSA) is 52.7 Å². The molecule has 0 aromatic heterocycles. The summed E-state index contributed by atoms with van der Waals surface area (Å²) >= 11 is 0. The van der Waals surface area contributed by atoms with Crippen LogP contribution in [0.1, 0.15) is 50.5 Å². The zero-order valence-corrected chi connectivity index (χ0v) is 16.0. The quantitative estimate of drug-likeness (QED) is 0.675. The first-order chi connectivity index (χ1) is 13.1. The van der Waals surface area contributed by atoms with Crippen LogP contribution in [0, 0.1) is 5.82 Å². The number of benzene rings is 1. The maximum atomic E-state index is 13.1. The van der Waals surface area contributed by atoms with Gasteiger partial charge < -0.3 is 10.2 Å².